The van der Waals surface area contributed by atoms with Crippen molar-refractivity contribution in [1.82, 2.24) is 5.32 Å². The van der Waals surface area contributed by atoms with Gasteiger partial charge in [-0.25, -0.2) is 4.79 Å². The molecule has 25 heavy (non-hydrogen) atoms. The predicted molar refractivity (Wildman–Crippen MR) is 98.1 cm³/mol. The highest BCUT2D eigenvalue weighted by Crippen LogP contribution is 2.15. The van der Waals surface area contributed by atoms with Gasteiger partial charge in [-0.3, -0.25) is 4.79 Å². The fourth-order valence-electron chi connectivity index (χ4n) is 2.36. The second-order valence-electron chi connectivity index (χ2n) is 7.44. The van der Waals surface area contributed by atoms with Crippen LogP contribution in [0, 0.1) is 5.92 Å². The Bertz CT molecular complexity index is 536. The Balaban J connectivity index is 2.56. The average Bonchev–Trinajstić information content (AvgIpc) is 2.51. The maximum atomic E-state index is 12.1. The third-order valence-corrected chi connectivity index (χ3v) is 3.75. The van der Waals surface area contributed by atoms with Crippen molar-refractivity contribution in [2.24, 2.45) is 5.92 Å². The second-order valence-corrected chi connectivity index (χ2v) is 7.44. The fourth-order valence-corrected chi connectivity index (χ4v) is 2.36. The minimum absolute atomic E-state index is 0.141. The van der Waals surface area contributed by atoms with Crippen LogP contribution in [0.15, 0.2) is 30.3 Å². The SMILES string of the molecule is CC[C@@H](C)C[C@@H](CC(=O)OC(C)(C)C)NC(=O)OCc1ccccc1. The summed E-state index contributed by atoms with van der Waals surface area (Å²) in [6.07, 6.45) is 1.31. The number of esters is 1. The van der Waals surface area contributed by atoms with Crippen molar-refractivity contribution in [1.29, 1.82) is 0 Å². The van der Waals surface area contributed by atoms with Crippen molar-refractivity contribution < 1.29 is 19.1 Å². The number of ether oxygens (including phenoxy) is 2. The van der Waals surface area contributed by atoms with E-state index in [0.29, 0.717) is 12.3 Å². The first-order chi connectivity index (χ1) is 11.7. The van der Waals surface area contributed by atoms with Crippen LogP contribution in [0.3, 0.4) is 0 Å². The second kappa shape index (κ2) is 10.1. The molecule has 1 rings (SSSR count). The normalized spacial score (nSPS) is 13.6. The summed E-state index contributed by atoms with van der Waals surface area (Å²) in [4.78, 5) is 24.2. The largest absolute Gasteiger partial charge is 0.460 e. The van der Waals surface area contributed by atoms with E-state index < -0.39 is 11.7 Å². The first-order valence-electron chi connectivity index (χ1n) is 8.88. The van der Waals surface area contributed by atoms with Crippen LogP contribution >= 0.6 is 0 Å². The van der Waals surface area contributed by atoms with Gasteiger partial charge in [0.25, 0.3) is 0 Å². The summed E-state index contributed by atoms with van der Waals surface area (Å²) in [5, 5.41) is 2.81. The molecule has 0 radical (unpaired) electrons. The molecule has 5 nitrogen and oxygen atoms in total. The molecular weight excluding hydrogens is 318 g/mol. The summed E-state index contributed by atoms with van der Waals surface area (Å²) < 4.78 is 10.6. The highest BCUT2D eigenvalue weighted by molar-refractivity contribution is 5.73. The van der Waals surface area contributed by atoms with Gasteiger partial charge in [0, 0.05) is 6.04 Å². The van der Waals surface area contributed by atoms with Crippen molar-refractivity contribution in [3.8, 4) is 0 Å². The van der Waals surface area contributed by atoms with Crippen LogP contribution in [0.25, 0.3) is 0 Å². The summed E-state index contributed by atoms with van der Waals surface area (Å²) in [6.45, 7) is 9.87. The number of rotatable bonds is 8. The van der Waals surface area contributed by atoms with Crippen LogP contribution in [0.4, 0.5) is 4.79 Å². The van der Waals surface area contributed by atoms with Gasteiger partial charge in [0.1, 0.15) is 12.2 Å². The minimum Gasteiger partial charge on any atom is -0.460 e. The van der Waals surface area contributed by atoms with E-state index in [1.165, 1.54) is 0 Å². The van der Waals surface area contributed by atoms with Crippen molar-refractivity contribution in [2.75, 3.05) is 0 Å². The lowest BCUT2D eigenvalue weighted by molar-refractivity contribution is -0.155. The first-order valence-corrected chi connectivity index (χ1v) is 8.88. The van der Waals surface area contributed by atoms with Gasteiger partial charge in [0.15, 0.2) is 0 Å². The molecule has 0 fully saturated rings. The molecule has 1 aromatic rings. The molecule has 2 atom stereocenters. The molecule has 0 spiro atoms. The number of nitrogens with one attached hydrogen (secondary N) is 1. The molecule has 0 saturated carbocycles. The zero-order valence-electron chi connectivity index (χ0n) is 16.0. The minimum atomic E-state index is -0.536. The van der Waals surface area contributed by atoms with Crippen LogP contribution in [0.2, 0.25) is 0 Å². The summed E-state index contributed by atoms with van der Waals surface area (Å²) >= 11 is 0. The van der Waals surface area contributed by atoms with Crippen LogP contribution in [0.1, 0.15) is 59.4 Å². The third kappa shape index (κ3) is 9.75. The standard InChI is InChI=1S/C20H31NO4/c1-6-15(2)12-17(13-18(22)25-20(3,4)5)21-19(23)24-14-16-10-8-7-9-11-16/h7-11,15,17H,6,12-14H2,1-5H3,(H,21,23)/t15-,17+/m1/s1. The number of hydrogen-bond donors (Lipinski definition) is 1. The smallest absolute Gasteiger partial charge is 0.407 e. The van der Waals surface area contributed by atoms with Crippen LogP contribution in [0.5, 0.6) is 0 Å². The third-order valence-electron chi connectivity index (χ3n) is 3.75. The number of hydrogen-bond acceptors (Lipinski definition) is 4. The van der Waals surface area contributed by atoms with Crippen molar-refractivity contribution in [3.05, 3.63) is 35.9 Å². The highest BCUT2D eigenvalue weighted by atomic mass is 16.6. The van der Waals surface area contributed by atoms with Crippen LogP contribution in [-0.4, -0.2) is 23.7 Å². The van der Waals surface area contributed by atoms with Crippen LogP contribution in [-0.2, 0) is 20.9 Å². The van der Waals surface area contributed by atoms with Gasteiger partial charge in [-0.1, -0.05) is 50.6 Å². The zero-order chi connectivity index (χ0) is 18.9. The molecule has 0 aliphatic heterocycles. The summed E-state index contributed by atoms with van der Waals surface area (Å²) in [6, 6.07) is 9.19. The van der Waals surface area contributed by atoms with Crippen molar-refractivity contribution in [3.63, 3.8) is 0 Å². The summed E-state index contributed by atoms with van der Waals surface area (Å²) in [7, 11) is 0. The Morgan fingerprint density at radius 1 is 1.16 bits per heavy atom. The van der Waals surface area contributed by atoms with Gasteiger partial charge in [-0.2, -0.15) is 0 Å². The molecule has 0 unspecified atom stereocenters. The van der Waals surface area contributed by atoms with E-state index >= 15 is 0 Å². The van der Waals surface area contributed by atoms with Gasteiger partial charge in [0.2, 0.25) is 0 Å². The number of amides is 1. The molecule has 0 bridgehead atoms. The Labute approximate surface area is 151 Å². The molecule has 0 aromatic heterocycles. The topological polar surface area (TPSA) is 64.6 Å². The van der Waals surface area contributed by atoms with Crippen molar-refractivity contribution >= 4 is 12.1 Å². The molecular formula is C20H31NO4. The maximum absolute atomic E-state index is 12.1. The first kappa shape index (κ1) is 21.0. The molecule has 1 N–H and O–H groups in total. The van der Waals surface area contributed by atoms with Gasteiger partial charge >= 0.3 is 12.1 Å². The number of carbonyl (C=O) groups is 2. The Kier molecular flexibility index (Phi) is 8.46. The van der Waals surface area contributed by atoms with E-state index in [-0.39, 0.29) is 25.0 Å². The number of carbonyl (C=O) groups excluding carboxylic acids is 2. The molecule has 5 heteroatoms. The Hall–Kier alpha value is -2.04. The summed E-state index contributed by atoms with van der Waals surface area (Å²) in [5.74, 6) is 0.0750. The van der Waals surface area contributed by atoms with E-state index in [2.05, 4.69) is 19.2 Å². The fraction of sp³-hybridized carbons (Fsp3) is 0.600. The van der Waals surface area contributed by atoms with Gasteiger partial charge in [0.05, 0.1) is 6.42 Å². The molecule has 0 heterocycles. The van der Waals surface area contributed by atoms with E-state index in [1.807, 2.05) is 51.1 Å². The average molecular weight is 349 g/mol. The number of alkyl carbamates (subject to hydrolysis) is 1. The predicted octanol–water partition coefficient (Wildman–Crippen LogP) is 4.45. The van der Waals surface area contributed by atoms with E-state index in [1.54, 1.807) is 0 Å². The van der Waals surface area contributed by atoms with Gasteiger partial charge < -0.3 is 14.8 Å². The number of benzene rings is 1. The lowest BCUT2D eigenvalue weighted by Crippen LogP contribution is -2.39. The van der Waals surface area contributed by atoms with Crippen LogP contribution < -0.4 is 5.32 Å². The van der Waals surface area contributed by atoms with E-state index in [0.717, 1.165) is 12.0 Å². The highest BCUT2D eigenvalue weighted by Gasteiger charge is 2.23. The lowest BCUT2D eigenvalue weighted by atomic mass is 9.97. The van der Waals surface area contributed by atoms with Gasteiger partial charge in [-0.05, 0) is 38.7 Å². The van der Waals surface area contributed by atoms with Gasteiger partial charge in [-0.15, -0.1) is 0 Å². The molecule has 0 aliphatic rings. The molecule has 140 valence electrons. The Morgan fingerprint density at radius 3 is 2.36 bits per heavy atom. The monoisotopic (exact) mass is 349 g/mol. The molecule has 0 aliphatic carbocycles. The zero-order valence-corrected chi connectivity index (χ0v) is 16.0. The quantitative estimate of drug-likeness (QED) is 0.704. The maximum Gasteiger partial charge on any atom is 0.407 e. The Morgan fingerprint density at radius 2 is 1.80 bits per heavy atom. The molecule has 1 aromatic carbocycles. The molecule has 1 amide bonds. The molecule has 0 saturated heterocycles. The van der Waals surface area contributed by atoms with E-state index in [4.69, 9.17) is 9.47 Å². The van der Waals surface area contributed by atoms with E-state index in [9.17, 15) is 9.59 Å². The summed E-state index contributed by atoms with van der Waals surface area (Å²) in [5.41, 5.74) is 0.384. The lowest BCUT2D eigenvalue weighted by Gasteiger charge is -2.24. The van der Waals surface area contributed by atoms with Crippen molar-refractivity contribution in [2.45, 2.75) is 72.1 Å².